The second kappa shape index (κ2) is 4.97. The average Bonchev–Trinajstić information content (AvgIpc) is 2.63. The highest BCUT2D eigenvalue weighted by Crippen LogP contribution is 2.46. The molecule has 1 fully saturated rings. The number of rotatable bonds is 1. The summed E-state index contributed by atoms with van der Waals surface area (Å²) in [5.41, 5.74) is -0.192. The molecule has 1 heterocycles. The lowest BCUT2D eigenvalue weighted by atomic mass is 9.82. The van der Waals surface area contributed by atoms with Gasteiger partial charge < -0.3 is 9.84 Å². The summed E-state index contributed by atoms with van der Waals surface area (Å²) in [7, 11) is 0. The third-order valence-electron chi connectivity index (χ3n) is 4.02. The van der Waals surface area contributed by atoms with Gasteiger partial charge in [0, 0.05) is 10.6 Å². The molecule has 1 saturated carbocycles. The molecule has 3 rings (SSSR count). The van der Waals surface area contributed by atoms with Gasteiger partial charge in [-0.25, -0.2) is 4.79 Å². The number of carbonyl (C=O) groups is 1. The van der Waals surface area contributed by atoms with Gasteiger partial charge in [0.15, 0.2) is 11.4 Å². The predicted octanol–water partition coefficient (Wildman–Crippen LogP) is 4.52. The number of aliphatic hydroxyl groups is 1. The molecule has 0 unspecified atom stereocenters. The van der Waals surface area contributed by atoms with Crippen molar-refractivity contribution in [2.75, 3.05) is 0 Å². The topological polar surface area (TPSA) is 46.5 Å². The van der Waals surface area contributed by atoms with Crippen LogP contribution in [0.25, 0.3) is 5.57 Å². The summed E-state index contributed by atoms with van der Waals surface area (Å²) in [5.74, 6) is -0.486. The normalized spacial score (nSPS) is 21.4. The third kappa shape index (κ3) is 2.09. The molecular formula is C15H14Cl2O3. The summed E-state index contributed by atoms with van der Waals surface area (Å²) in [5, 5.41) is 11.3. The molecule has 1 spiro atoms. The van der Waals surface area contributed by atoms with E-state index in [4.69, 9.17) is 27.9 Å². The molecule has 1 aromatic rings. The second-order valence-electron chi connectivity index (χ2n) is 5.29. The summed E-state index contributed by atoms with van der Waals surface area (Å²) in [6, 6.07) is 4.83. The van der Waals surface area contributed by atoms with Crippen molar-refractivity contribution in [2.24, 2.45) is 0 Å². The van der Waals surface area contributed by atoms with Crippen LogP contribution in [0.3, 0.4) is 0 Å². The zero-order valence-corrected chi connectivity index (χ0v) is 12.3. The number of hydrogen-bond donors (Lipinski definition) is 1. The van der Waals surface area contributed by atoms with Gasteiger partial charge in [-0.2, -0.15) is 0 Å². The number of aliphatic hydroxyl groups excluding tert-OH is 1. The fourth-order valence-corrected chi connectivity index (χ4v) is 3.50. The van der Waals surface area contributed by atoms with Crippen LogP contribution in [-0.4, -0.2) is 16.7 Å². The van der Waals surface area contributed by atoms with Crippen molar-refractivity contribution in [3.8, 4) is 0 Å². The van der Waals surface area contributed by atoms with Crippen molar-refractivity contribution in [1.29, 1.82) is 0 Å². The molecule has 0 amide bonds. The second-order valence-corrected chi connectivity index (χ2v) is 6.14. The summed E-state index contributed by atoms with van der Waals surface area (Å²) < 4.78 is 5.50. The standard InChI is InChI=1S/C15H14Cl2O3/c16-9-4-5-10(11(17)8-9)12-13(18)15(20-14(12)19)6-2-1-3-7-15/h4-5,8,18H,1-3,6-7H2. The maximum Gasteiger partial charge on any atom is 0.343 e. The SMILES string of the molecule is O=C1OC2(CCCCC2)C(O)=C1c1ccc(Cl)cc1Cl. The smallest absolute Gasteiger partial charge is 0.343 e. The van der Waals surface area contributed by atoms with Crippen molar-refractivity contribution in [2.45, 2.75) is 37.7 Å². The zero-order valence-electron chi connectivity index (χ0n) is 10.8. The summed E-state index contributed by atoms with van der Waals surface area (Å²) >= 11 is 12.0. The van der Waals surface area contributed by atoms with Crippen LogP contribution in [0.1, 0.15) is 37.7 Å². The van der Waals surface area contributed by atoms with Crippen molar-refractivity contribution < 1.29 is 14.6 Å². The fourth-order valence-electron chi connectivity index (χ4n) is 2.99. The Kier molecular flexibility index (Phi) is 3.43. The van der Waals surface area contributed by atoms with Crippen LogP contribution in [0.2, 0.25) is 10.0 Å². The van der Waals surface area contributed by atoms with Crippen molar-refractivity contribution in [1.82, 2.24) is 0 Å². The first-order chi connectivity index (χ1) is 9.53. The molecule has 0 bridgehead atoms. The van der Waals surface area contributed by atoms with Gasteiger partial charge in [-0.1, -0.05) is 35.7 Å². The third-order valence-corrected chi connectivity index (χ3v) is 4.57. The molecule has 3 nitrogen and oxygen atoms in total. The van der Waals surface area contributed by atoms with Crippen LogP contribution in [0.4, 0.5) is 0 Å². The highest BCUT2D eigenvalue weighted by Gasteiger charge is 2.49. The van der Waals surface area contributed by atoms with E-state index in [9.17, 15) is 9.90 Å². The summed E-state index contributed by atoms with van der Waals surface area (Å²) in [6.07, 6.45) is 4.32. The molecule has 0 atom stereocenters. The molecule has 0 saturated heterocycles. The molecule has 106 valence electrons. The van der Waals surface area contributed by atoms with E-state index in [1.807, 2.05) is 0 Å². The molecule has 5 heteroatoms. The number of benzene rings is 1. The number of halogens is 2. The molecule has 2 aliphatic rings. The Morgan fingerprint density at radius 1 is 1.15 bits per heavy atom. The molecule has 20 heavy (non-hydrogen) atoms. The van der Waals surface area contributed by atoms with Gasteiger partial charge in [-0.05, 0) is 37.8 Å². The van der Waals surface area contributed by atoms with E-state index in [2.05, 4.69) is 0 Å². The Balaban J connectivity index is 2.09. The van der Waals surface area contributed by atoms with Gasteiger partial charge in [0.1, 0.15) is 5.57 Å². The Morgan fingerprint density at radius 3 is 2.50 bits per heavy atom. The molecule has 1 aliphatic heterocycles. The van der Waals surface area contributed by atoms with E-state index in [1.54, 1.807) is 18.2 Å². The Morgan fingerprint density at radius 2 is 1.85 bits per heavy atom. The first-order valence-corrected chi connectivity index (χ1v) is 7.42. The van der Waals surface area contributed by atoms with Gasteiger partial charge >= 0.3 is 5.97 Å². The van der Waals surface area contributed by atoms with Crippen molar-refractivity contribution in [3.05, 3.63) is 39.6 Å². The van der Waals surface area contributed by atoms with E-state index in [0.717, 1.165) is 19.3 Å². The molecular weight excluding hydrogens is 299 g/mol. The van der Waals surface area contributed by atoms with E-state index < -0.39 is 11.6 Å². The number of ether oxygens (including phenoxy) is 1. The zero-order chi connectivity index (χ0) is 14.3. The van der Waals surface area contributed by atoms with Crippen LogP contribution in [0.15, 0.2) is 24.0 Å². The number of esters is 1. The van der Waals surface area contributed by atoms with Gasteiger partial charge in [0.05, 0.1) is 5.02 Å². The fraction of sp³-hybridized carbons (Fsp3) is 0.400. The van der Waals surface area contributed by atoms with Crippen molar-refractivity contribution >= 4 is 34.7 Å². The molecule has 0 aromatic heterocycles. The Hall–Kier alpha value is -1.19. The number of carbonyl (C=O) groups excluding carboxylic acids is 1. The maximum atomic E-state index is 12.2. The lowest BCUT2D eigenvalue weighted by molar-refractivity contribution is -0.149. The lowest BCUT2D eigenvalue weighted by Crippen LogP contribution is -2.34. The Labute approximate surface area is 127 Å². The predicted molar refractivity (Wildman–Crippen MR) is 77.9 cm³/mol. The van der Waals surface area contributed by atoms with Gasteiger partial charge in [0.25, 0.3) is 0 Å². The van der Waals surface area contributed by atoms with Gasteiger partial charge in [-0.3, -0.25) is 0 Å². The van der Waals surface area contributed by atoms with Crippen LogP contribution in [-0.2, 0) is 9.53 Å². The minimum atomic E-state index is -0.840. The molecule has 1 N–H and O–H groups in total. The lowest BCUT2D eigenvalue weighted by Gasteiger charge is -2.31. The van der Waals surface area contributed by atoms with Crippen LogP contribution in [0.5, 0.6) is 0 Å². The first kappa shape index (κ1) is 13.8. The van der Waals surface area contributed by atoms with Crippen molar-refractivity contribution in [3.63, 3.8) is 0 Å². The largest absolute Gasteiger partial charge is 0.507 e. The quantitative estimate of drug-likeness (QED) is 0.775. The average molecular weight is 313 g/mol. The summed E-state index contributed by atoms with van der Waals surface area (Å²) in [4.78, 5) is 12.2. The molecule has 0 radical (unpaired) electrons. The summed E-state index contributed by atoms with van der Waals surface area (Å²) in [6.45, 7) is 0. The molecule has 1 aromatic carbocycles. The van der Waals surface area contributed by atoms with Gasteiger partial charge in [-0.15, -0.1) is 0 Å². The van der Waals surface area contributed by atoms with E-state index >= 15 is 0 Å². The monoisotopic (exact) mass is 312 g/mol. The highest BCUT2D eigenvalue weighted by molar-refractivity contribution is 6.37. The van der Waals surface area contributed by atoms with E-state index in [0.29, 0.717) is 28.5 Å². The van der Waals surface area contributed by atoms with Crippen LogP contribution in [0, 0.1) is 0 Å². The van der Waals surface area contributed by atoms with E-state index in [1.165, 1.54) is 0 Å². The van der Waals surface area contributed by atoms with Crippen LogP contribution >= 0.6 is 23.2 Å². The maximum absolute atomic E-state index is 12.2. The minimum Gasteiger partial charge on any atom is -0.507 e. The molecule has 1 aliphatic carbocycles. The first-order valence-electron chi connectivity index (χ1n) is 6.66. The number of hydrogen-bond acceptors (Lipinski definition) is 3. The minimum absolute atomic E-state index is 0.0198. The van der Waals surface area contributed by atoms with E-state index in [-0.39, 0.29) is 11.3 Å². The van der Waals surface area contributed by atoms with Crippen LogP contribution < -0.4 is 0 Å². The highest BCUT2D eigenvalue weighted by atomic mass is 35.5. The Bertz CT molecular complexity index is 601. The van der Waals surface area contributed by atoms with Gasteiger partial charge in [0.2, 0.25) is 0 Å².